The highest BCUT2D eigenvalue weighted by atomic mass is 32.1. The lowest BCUT2D eigenvalue weighted by atomic mass is 10.1. The second-order valence-corrected chi connectivity index (χ2v) is 7.63. The number of thiazole rings is 1. The molecule has 0 fully saturated rings. The van der Waals surface area contributed by atoms with Crippen molar-refractivity contribution in [2.45, 2.75) is 40.3 Å². The van der Waals surface area contributed by atoms with E-state index in [1.807, 2.05) is 24.6 Å². The maximum atomic E-state index is 12.6. The molecule has 0 unspecified atom stereocenters. The van der Waals surface area contributed by atoms with Gasteiger partial charge in [0.15, 0.2) is 10.5 Å². The van der Waals surface area contributed by atoms with Gasteiger partial charge in [-0.05, 0) is 57.0 Å². The van der Waals surface area contributed by atoms with Crippen molar-refractivity contribution in [1.29, 1.82) is 0 Å². The molecule has 0 atom stereocenters. The number of methoxy groups -OCH3 is 1. The van der Waals surface area contributed by atoms with Crippen LogP contribution in [0.2, 0.25) is 0 Å². The SMILES string of the molecule is COCCn1c(=NC(=O)c2ccn(C(C)C)n2)sc2cc(C)c(C)cc21. The molecule has 6 nitrogen and oxygen atoms in total. The van der Waals surface area contributed by atoms with Crippen molar-refractivity contribution in [2.75, 3.05) is 13.7 Å². The van der Waals surface area contributed by atoms with Crippen molar-refractivity contribution < 1.29 is 9.53 Å². The predicted molar refractivity (Wildman–Crippen MR) is 104 cm³/mol. The Morgan fingerprint density at radius 2 is 2.04 bits per heavy atom. The van der Waals surface area contributed by atoms with Gasteiger partial charge in [-0.15, -0.1) is 0 Å². The largest absolute Gasteiger partial charge is 0.383 e. The summed E-state index contributed by atoms with van der Waals surface area (Å²) in [6.45, 7) is 9.43. The molecular formula is C19H24N4O2S. The molecule has 26 heavy (non-hydrogen) atoms. The van der Waals surface area contributed by atoms with Gasteiger partial charge in [-0.25, -0.2) is 0 Å². The first-order chi connectivity index (χ1) is 12.4. The molecule has 0 radical (unpaired) electrons. The number of rotatable bonds is 5. The summed E-state index contributed by atoms with van der Waals surface area (Å²) in [7, 11) is 1.67. The number of benzene rings is 1. The Labute approximate surface area is 156 Å². The number of hydrogen-bond acceptors (Lipinski definition) is 4. The molecule has 1 aromatic carbocycles. The summed E-state index contributed by atoms with van der Waals surface area (Å²) in [4.78, 5) is 17.6. The first-order valence-electron chi connectivity index (χ1n) is 8.64. The summed E-state index contributed by atoms with van der Waals surface area (Å²) >= 11 is 1.52. The van der Waals surface area contributed by atoms with Gasteiger partial charge in [0.1, 0.15) is 0 Å². The molecule has 7 heteroatoms. The lowest BCUT2D eigenvalue weighted by Crippen LogP contribution is -2.19. The number of aryl methyl sites for hydroxylation is 2. The molecule has 138 valence electrons. The van der Waals surface area contributed by atoms with Gasteiger partial charge in [0.05, 0.1) is 16.8 Å². The molecule has 0 bridgehead atoms. The zero-order valence-corrected chi connectivity index (χ0v) is 16.6. The van der Waals surface area contributed by atoms with Crippen LogP contribution in [0.25, 0.3) is 10.2 Å². The van der Waals surface area contributed by atoms with E-state index >= 15 is 0 Å². The summed E-state index contributed by atoms with van der Waals surface area (Å²) in [6.07, 6.45) is 1.81. The van der Waals surface area contributed by atoms with Crippen LogP contribution in [0.5, 0.6) is 0 Å². The molecule has 2 aromatic heterocycles. The lowest BCUT2D eigenvalue weighted by molar-refractivity contribution is 0.0991. The monoisotopic (exact) mass is 372 g/mol. The quantitative estimate of drug-likeness (QED) is 0.689. The van der Waals surface area contributed by atoms with E-state index < -0.39 is 0 Å². The number of amides is 1. The maximum Gasteiger partial charge on any atom is 0.300 e. The van der Waals surface area contributed by atoms with Crippen LogP contribution in [0, 0.1) is 13.8 Å². The van der Waals surface area contributed by atoms with E-state index in [1.165, 1.54) is 22.5 Å². The topological polar surface area (TPSA) is 61.4 Å². The van der Waals surface area contributed by atoms with Gasteiger partial charge in [0.2, 0.25) is 0 Å². The Morgan fingerprint density at radius 1 is 1.31 bits per heavy atom. The molecule has 0 N–H and O–H groups in total. The van der Waals surface area contributed by atoms with Crippen LogP contribution in [0.1, 0.15) is 41.5 Å². The molecule has 0 aliphatic rings. The number of aromatic nitrogens is 3. The third-order valence-electron chi connectivity index (χ3n) is 4.37. The van der Waals surface area contributed by atoms with Gasteiger partial charge < -0.3 is 9.30 Å². The van der Waals surface area contributed by atoms with Crippen molar-refractivity contribution in [3.63, 3.8) is 0 Å². The van der Waals surface area contributed by atoms with Gasteiger partial charge in [-0.1, -0.05) is 11.3 Å². The fourth-order valence-corrected chi connectivity index (χ4v) is 3.82. The summed E-state index contributed by atoms with van der Waals surface area (Å²) in [5.41, 5.74) is 3.89. The van der Waals surface area contributed by atoms with Gasteiger partial charge in [-0.2, -0.15) is 10.1 Å². The summed E-state index contributed by atoms with van der Waals surface area (Å²) in [5, 5.41) is 4.32. The minimum atomic E-state index is -0.324. The highest BCUT2D eigenvalue weighted by Gasteiger charge is 2.13. The lowest BCUT2D eigenvalue weighted by Gasteiger charge is -2.06. The molecule has 2 heterocycles. The first-order valence-corrected chi connectivity index (χ1v) is 9.46. The molecule has 0 spiro atoms. The van der Waals surface area contributed by atoms with Crippen LogP contribution >= 0.6 is 11.3 Å². The Bertz CT molecular complexity index is 1010. The summed E-state index contributed by atoms with van der Waals surface area (Å²) < 4.78 is 10.2. The van der Waals surface area contributed by atoms with Crippen LogP contribution in [-0.4, -0.2) is 34.0 Å². The number of fused-ring (bicyclic) bond motifs is 1. The molecule has 0 aliphatic heterocycles. The average Bonchev–Trinajstić information content (AvgIpc) is 3.19. The molecule has 3 rings (SSSR count). The molecule has 0 saturated heterocycles. The van der Waals surface area contributed by atoms with Crippen LogP contribution in [0.15, 0.2) is 29.4 Å². The van der Waals surface area contributed by atoms with E-state index in [9.17, 15) is 4.79 Å². The van der Waals surface area contributed by atoms with Crippen molar-refractivity contribution in [1.82, 2.24) is 14.3 Å². The van der Waals surface area contributed by atoms with Gasteiger partial charge in [0, 0.05) is 25.9 Å². The van der Waals surface area contributed by atoms with Crippen molar-refractivity contribution in [3.05, 3.63) is 46.0 Å². The molecular weight excluding hydrogens is 348 g/mol. The third-order valence-corrected chi connectivity index (χ3v) is 5.41. The van der Waals surface area contributed by atoms with E-state index in [4.69, 9.17) is 4.74 Å². The van der Waals surface area contributed by atoms with Crippen LogP contribution < -0.4 is 4.80 Å². The molecule has 0 aliphatic carbocycles. The van der Waals surface area contributed by atoms with E-state index in [2.05, 4.69) is 36.1 Å². The number of nitrogens with zero attached hydrogens (tertiary/aromatic N) is 4. The smallest absolute Gasteiger partial charge is 0.300 e. The molecule has 3 aromatic rings. The van der Waals surface area contributed by atoms with E-state index in [0.717, 1.165) is 10.2 Å². The average molecular weight is 372 g/mol. The van der Waals surface area contributed by atoms with Gasteiger partial charge in [-0.3, -0.25) is 9.48 Å². The number of carbonyl (C=O) groups is 1. The zero-order valence-electron chi connectivity index (χ0n) is 15.8. The number of ether oxygens (including phenoxy) is 1. The van der Waals surface area contributed by atoms with Crippen molar-refractivity contribution in [3.8, 4) is 0 Å². The first kappa shape index (κ1) is 18.5. The molecule has 1 amide bonds. The highest BCUT2D eigenvalue weighted by Crippen LogP contribution is 2.22. The number of hydrogen-bond donors (Lipinski definition) is 0. The second kappa shape index (κ2) is 7.55. The highest BCUT2D eigenvalue weighted by molar-refractivity contribution is 7.16. The number of carbonyl (C=O) groups excluding carboxylic acids is 1. The van der Waals surface area contributed by atoms with Crippen molar-refractivity contribution in [2.24, 2.45) is 4.99 Å². The van der Waals surface area contributed by atoms with E-state index in [0.29, 0.717) is 23.6 Å². The fourth-order valence-electron chi connectivity index (χ4n) is 2.69. The Hall–Kier alpha value is -2.25. The molecule has 0 saturated carbocycles. The second-order valence-electron chi connectivity index (χ2n) is 6.62. The Balaban J connectivity index is 2.09. The normalized spacial score (nSPS) is 12.5. The Kier molecular flexibility index (Phi) is 5.38. The predicted octanol–water partition coefficient (Wildman–Crippen LogP) is 3.48. The fraction of sp³-hybridized carbons (Fsp3) is 0.421. The maximum absolute atomic E-state index is 12.6. The standard InChI is InChI=1S/C19H24N4O2S/c1-12(2)23-7-6-15(21-23)18(24)20-19-22(8-9-25-5)16-10-13(3)14(4)11-17(16)26-19/h6-7,10-12H,8-9H2,1-5H3. The zero-order chi connectivity index (χ0) is 18.8. The minimum absolute atomic E-state index is 0.207. The van der Waals surface area contributed by atoms with Crippen LogP contribution in [0.4, 0.5) is 0 Å². The third kappa shape index (κ3) is 3.64. The minimum Gasteiger partial charge on any atom is -0.383 e. The summed E-state index contributed by atoms with van der Waals surface area (Å²) in [5.74, 6) is -0.324. The van der Waals surface area contributed by atoms with E-state index in [-0.39, 0.29) is 11.9 Å². The van der Waals surface area contributed by atoms with E-state index in [1.54, 1.807) is 17.9 Å². The van der Waals surface area contributed by atoms with Gasteiger partial charge in [0.25, 0.3) is 5.91 Å². The van der Waals surface area contributed by atoms with Crippen molar-refractivity contribution >= 4 is 27.5 Å². The Morgan fingerprint density at radius 3 is 2.69 bits per heavy atom. The van der Waals surface area contributed by atoms with Gasteiger partial charge >= 0.3 is 0 Å². The van der Waals surface area contributed by atoms with Crippen LogP contribution in [0.3, 0.4) is 0 Å². The summed E-state index contributed by atoms with van der Waals surface area (Å²) in [6, 6.07) is 6.22. The van der Waals surface area contributed by atoms with Crippen LogP contribution in [-0.2, 0) is 11.3 Å².